The summed E-state index contributed by atoms with van der Waals surface area (Å²) in [7, 11) is 0. The largest absolute Gasteiger partial charge is 0.434 e. The van der Waals surface area contributed by atoms with Gasteiger partial charge in [-0.2, -0.15) is 8.78 Å². The van der Waals surface area contributed by atoms with Gasteiger partial charge in [-0.05, 0) is 25.3 Å². The molecule has 0 saturated heterocycles. The standard InChI is InChI=1S/C12H15F2NO2/c1-7-3-2-4-9(10(7)17-11(13)14)12(15)5-8(16)6-12/h2-4,8,11,16H,5-6,15H2,1H3. The molecule has 0 unspecified atom stereocenters. The predicted molar refractivity (Wildman–Crippen MR) is 58.9 cm³/mol. The molecule has 3 N–H and O–H groups in total. The van der Waals surface area contributed by atoms with Crippen LogP contribution in [-0.2, 0) is 5.54 Å². The molecule has 0 radical (unpaired) electrons. The molecule has 3 nitrogen and oxygen atoms in total. The molecule has 17 heavy (non-hydrogen) atoms. The summed E-state index contributed by atoms with van der Waals surface area (Å²) in [5.41, 5.74) is 6.48. The number of halogens is 2. The van der Waals surface area contributed by atoms with E-state index in [9.17, 15) is 13.9 Å². The molecule has 0 aliphatic heterocycles. The van der Waals surface area contributed by atoms with E-state index in [1.54, 1.807) is 25.1 Å². The van der Waals surface area contributed by atoms with Gasteiger partial charge in [0.05, 0.1) is 6.10 Å². The molecule has 0 aromatic heterocycles. The summed E-state index contributed by atoms with van der Waals surface area (Å²) >= 11 is 0. The molecule has 0 bridgehead atoms. The predicted octanol–water partition coefficient (Wildman–Crippen LogP) is 1.91. The van der Waals surface area contributed by atoms with Gasteiger partial charge in [-0.25, -0.2) is 0 Å². The van der Waals surface area contributed by atoms with Gasteiger partial charge in [0.1, 0.15) is 5.75 Å². The van der Waals surface area contributed by atoms with Gasteiger partial charge in [0.25, 0.3) is 0 Å². The second-order valence-electron chi connectivity index (χ2n) is 4.55. The maximum Gasteiger partial charge on any atom is 0.387 e. The normalized spacial score (nSPS) is 28.0. The van der Waals surface area contributed by atoms with E-state index >= 15 is 0 Å². The highest BCUT2D eigenvalue weighted by molar-refractivity contribution is 5.46. The monoisotopic (exact) mass is 243 g/mol. The zero-order valence-corrected chi connectivity index (χ0v) is 9.49. The molecule has 0 spiro atoms. The second kappa shape index (κ2) is 4.23. The van der Waals surface area contributed by atoms with Gasteiger partial charge in [0.15, 0.2) is 0 Å². The maximum atomic E-state index is 12.4. The van der Waals surface area contributed by atoms with E-state index in [0.717, 1.165) is 0 Å². The molecular weight excluding hydrogens is 228 g/mol. The summed E-state index contributed by atoms with van der Waals surface area (Å²) < 4.78 is 29.2. The molecule has 5 heteroatoms. The van der Waals surface area contributed by atoms with Gasteiger partial charge >= 0.3 is 6.61 Å². The fourth-order valence-electron chi connectivity index (χ4n) is 2.29. The molecule has 0 heterocycles. The number of alkyl halides is 2. The Morgan fingerprint density at radius 1 is 1.47 bits per heavy atom. The highest BCUT2D eigenvalue weighted by atomic mass is 19.3. The highest BCUT2D eigenvalue weighted by Gasteiger charge is 2.43. The van der Waals surface area contributed by atoms with E-state index in [0.29, 0.717) is 24.0 Å². The van der Waals surface area contributed by atoms with Gasteiger partial charge in [-0.1, -0.05) is 18.2 Å². The van der Waals surface area contributed by atoms with Crippen molar-refractivity contribution in [2.45, 2.75) is 38.0 Å². The van der Waals surface area contributed by atoms with Crippen molar-refractivity contribution in [3.8, 4) is 5.75 Å². The highest BCUT2D eigenvalue weighted by Crippen LogP contribution is 2.44. The van der Waals surface area contributed by atoms with Gasteiger partial charge in [0.2, 0.25) is 0 Å². The van der Waals surface area contributed by atoms with Gasteiger partial charge < -0.3 is 15.6 Å². The number of aryl methyl sites for hydroxylation is 1. The number of ether oxygens (including phenoxy) is 1. The first kappa shape index (κ1) is 12.3. The van der Waals surface area contributed by atoms with E-state index in [1.165, 1.54) is 0 Å². The molecule has 1 fully saturated rings. The minimum Gasteiger partial charge on any atom is -0.434 e. The van der Waals surface area contributed by atoms with Crippen LogP contribution >= 0.6 is 0 Å². The number of aliphatic hydroxyl groups is 1. The minimum absolute atomic E-state index is 0.136. The lowest BCUT2D eigenvalue weighted by Gasteiger charge is -2.43. The Hall–Kier alpha value is -1.20. The van der Waals surface area contributed by atoms with E-state index in [-0.39, 0.29) is 5.75 Å². The summed E-state index contributed by atoms with van der Waals surface area (Å²) in [5.74, 6) is 0.136. The van der Waals surface area contributed by atoms with Crippen molar-refractivity contribution in [2.24, 2.45) is 5.73 Å². The quantitative estimate of drug-likeness (QED) is 0.852. The van der Waals surface area contributed by atoms with Crippen molar-refractivity contribution in [1.82, 2.24) is 0 Å². The van der Waals surface area contributed by atoms with Crippen LogP contribution in [0.1, 0.15) is 24.0 Å². The van der Waals surface area contributed by atoms with Gasteiger partial charge in [-0.15, -0.1) is 0 Å². The van der Waals surface area contributed by atoms with Crippen LogP contribution in [0.4, 0.5) is 8.78 Å². The van der Waals surface area contributed by atoms with E-state index in [1.807, 2.05) is 0 Å². The number of aliphatic hydroxyl groups excluding tert-OH is 1. The molecule has 1 aliphatic carbocycles. The Morgan fingerprint density at radius 2 is 2.12 bits per heavy atom. The lowest BCUT2D eigenvalue weighted by molar-refractivity contribution is -0.0535. The molecule has 1 aromatic rings. The lowest BCUT2D eigenvalue weighted by atomic mass is 9.70. The number of hydrogen-bond donors (Lipinski definition) is 2. The van der Waals surface area contributed by atoms with Crippen LogP contribution in [0.2, 0.25) is 0 Å². The van der Waals surface area contributed by atoms with E-state index in [4.69, 9.17) is 5.73 Å². The maximum absolute atomic E-state index is 12.4. The van der Waals surface area contributed by atoms with Crippen LogP contribution in [0.3, 0.4) is 0 Å². The third kappa shape index (κ3) is 2.25. The fraction of sp³-hybridized carbons (Fsp3) is 0.500. The van der Waals surface area contributed by atoms with Crippen LogP contribution in [0, 0.1) is 6.92 Å². The summed E-state index contributed by atoms with van der Waals surface area (Å²) in [5, 5.41) is 9.32. The third-order valence-electron chi connectivity index (χ3n) is 3.15. The van der Waals surface area contributed by atoms with Crippen molar-refractivity contribution in [1.29, 1.82) is 0 Å². The number of hydrogen-bond acceptors (Lipinski definition) is 3. The number of benzene rings is 1. The van der Waals surface area contributed by atoms with E-state index in [2.05, 4.69) is 4.74 Å². The number of para-hydroxylation sites is 1. The van der Waals surface area contributed by atoms with Crippen LogP contribution in [0.25, 0.3) is 0 Å². The first-order valence-corrected chi connectivity index (χ1v) is 5.44. The van der Waals surface area contributed by atoms with Crippen molar-refractivity contribution in [3.05, 3.63) is 29.3 Å². The second-order valence-corrected chi connectivity index (χ2v) is 4.55. The fourth-order valence-corrected chi connectivity index (χ4v) is 2.29. The van der Waals surface area contributed by atoms with Crippen molar-refractivity contribution >= 4 is 0 Å². The molecule has 94 valence electrons. The Kier molecular flexibility index (Phi) is 3.05. The number of rotatable bonds is 3. The van der Waals surface area contributed by atoms with Crippen LogP contribution in [0.5, 0.6) is 5.75 Å². The third-order valence-corrected chi connectivity index (χ3v) is 3.15. The molecule has 0 amide bonds. The Bertz CT molecular complexity index is 417. The summed E-state index contributed by atoms with van der Waals surface area (Å²) in [6.45, 7) is -1.18. The van der Waals surface area contributed by atoms with Crippen molar-refractivity contribution in [3.63, 3.8) is 0 Å². The number of nitrogens with two attached hydrogens (primary N) is 1. The SMILES string of the molecule is Cc1cccc(C2(N)CC(O)C2)c1OC(F)F. The van der Waals surface area contributed by atoms with Gasteiger partial charge in [0, 0.05) is 11.1 Å². The molecule has 1 aliphatic rings. The molecular formula is C12H15F2NO2. The molecule has 1 saturated carbocycles. The summed E-state index contributed by atoms with van der Waals surface area (Å²) in [6, 6.07) is 5.12. The first-order chi connectivity index (χ1) is 7.92. The average molecular weight is 243 g/mol. The topological polar surface area (TPSA) is 55.5 Å². The van der Waals surface area contributed by atoms with Crippen LogP contribution in [-0.4, -0.2) is 17.8 Å². The molecule has 0 atom stereocenters. The molecule has 1 aromatic carbocycles. The minimum atomic E-state index is -2.87. The van der Waals surface area contributed by atoms with E-state index < -0.39 is 18.3 Å². The molecule has 2 rings (SSSR count). The summed E-state index contributed by atoms with van der Waals surface area (Å²) in [6.07, 6.45) is 0.284. The Labute approximate surface area is 98.2 Å². The Balaban J connectivity index is 2.36. The smallest absolute Gasteiger partial charge is 0.387 e. The summed E-state index contributed by atoms with van der Waals surface area (Å²) in [4.78, 5) is 0. The van der Waals surface area contributed by atoms with Crippen molar-refractivity contribution in [2.75, 3.05) is 0 Å². The van der Waals surface area contributed by atoms with Crippen LogP contribution in [0.15, 0.2) is 18.2 Å². The average Bonchev–Trinajstić information content (AvgIpc) is 2.18. The van der Waals surface area contributed by atoms with Crippen molar-refractivity contribution < 1.29 is 18.6 Å². The zero-order valence-electron chi connectivity index (χ0n) is 9.49. The van der Waals surface area contributed by atoms with Gasteiger partial charge in [-0.3, -0.25) is 0 Å². The van der Waals surface area contributed by atoms with Crippen LogP contribution < -0.4 is 10.5 Å². The lowest BCUT2D eigenvalue weighted by Crippen LogP contribution is -2.51. The zero-order chi connectivity index (χ0) is 12.6. The first-order valence-electron chi connectivity index (χ1n) is 5.44. The Morgan fingerprint density at radius 3 is 2.65 bits per heavy atom.